The van der Waals surface area contributed by atoms with Crippen molar-refractivity contribution in [3.8, 4) is 11.1 Å². The molecule has 148 valence electrons. The second-order valence-electron chi connectivity index (χ2n) is 7.78. The van der Waals surface area contributed by atoms with Crippen LogP contribution in [0.4, 0.5) is 15.9 Å². The third-order valence-corrected chi connectivity index (χ3v) is 5.13. The average Bonchev–Trinajstić information content (AvgIpc) is 2.63. The number of rotatable bonds is 3. The first-order valence-corrected chi connectivity index (χ1v) is 9.25. The second kappa shape index (κ2) is 6.93. The highest BCUT2D eigenvalue weighted by molar-refractivity contribution is 6.02. The SMILES string of the molecule is Cc1ccncc1-c1cc2cc(NC(=O)C=C3CC(C)(O)C3)ncc2c(N)c1F. The van der Waals surface area contributed by atoms with Gasteiger partial charge in [0, 0.05) is 41.2 Å². The maximum absolute atomic E-state index is 14.9. The number of hydrogen-bond acceptors (Lipinski definition) is 5. The molecule has 1 aliphatic rings. The summed E-state index contributed by atoms with van der Waals surface area (Å²) in [6.07, 6.45) is 7.14. The Hall–Kier alpha value is -3.32. The Kier molecular flexibility index (Phi) is 4.55. The number of hydrogen-bond donors (Lipinski definition) is 3. The topological polar surface area (TPSA) is 101 Å². The van der Waals surface area contributed by atoms with Crippen molar-refractivity contribution in [2.75, 3.05) is 11.1 Å². The molecule has 4 rings (SSSR count). The Bertz CT molecular complexity index is 1160. The fraction of sp³-hybridized carbons (Fsp3) is 0.227. The molecule has 0 aliphatic heterocycles. The van der Waals surface area contributed by atoms with Crippen LogP contribution in [0.3, 0.4) is 0 Å². The minimum Gasteiger partial charge on any atom is -0.396 e. The zero-order valence-electron chi connectivity index (χ0n) is 16.2. The number of fused-ring (bicyclic) bond motifs is 1. The number of benzene rings is 1. The molecular formula is C22H21FN4O2. The number of nitrogens with one attached hydrogen (secondary N) is 1. The predicted molar refractivity (Wildman–Crippen MR) is 111 cm³/mol. The molecule has 6 nitrogen and oxygen atoms in total. The molecule has 0 radical (unpaired) electrons. The number of nitrogen functional groups attached to an aromatic ring is 1. The van der Waals surface area contributed by atoms with Crippen molar-refractivity contribution >= 4 is 28.2 Å². The lowest BCUT2D eigenvalue weighted by molar-refractivity contribution is -0.112. The van der Waals surface area contributed by atoms with Crippen molar-refractivity contribution in [3.05, 3.63) is 59.8 Å². The van der Waals surface area contributed by atoms with Crippen LogP contribution >= 0.6 is 0 Å². The fourth-order valence-electron chi connectivity index (χ4n) is 3.68. The maximum Gasteiger partial charge on any atom is 0.249 e. The molecule has 1 amide bonds. The summed E-state index contributed by atoms with van der Waals surface area (Å²) in [5.74, 6) is -0.500. The van der Waals surface area contributed by atoms with Crippen LogP contribution < -0.4 is 11.1 Å². The standard InChI is InChI=1S/C22H21FN4O2/c1-12-3-4-25-10-16(12)15-6-14-7-18(26-11-17(14)21(24)20(15)23)27-19(28)5-13-8-22(2,29)9-13/h3-7,10-11,29H,8-9,24H2,1-2H3,(H,26,27,28). The fourth-order valence-corrected chi connectivity index (χ4v) is 3.68. The highest BCUT2D eigenvalue weighted by Crippen LogP contribution is 2.37. The Morgan fingerprint density at radius 3 is 2.76 bits per heavy atom. The van der Waals surface area contributed by atoms with E-state index in [0.29, 0.717) is 40.6 Å². The molecular weight excluding hydrogens is 371 g/mol. The van der Waals surface area contributed by atoms with Crippen molar-refractivity contribution in [1.29, 1.82) is 0 Å². The molecule has 1 fully saturated rings. The van der Waals surface area contributed by atoms with Crippen LogP contribution in [-0.4, -0.2) is 26.6 Å². The van der Waals surface area contributed by atoms with E-state index < -0.39 is 11.4 Å². The largest absolute Gasteiger partial charge is 0.396 e. The summed E-state index contributed by atoms with van der Waals surface area (Å²) in [5, 5.41) is 13.6. The average molecular weight is 392 g/mol. The summed E-state index contributed by atoms with van der Waals surface area (Å²) < 4.78 is 14.9. The van der Waals surface area contributed by atoms with Crippen LogP contribution in [0, 0.1) is 12.7 Å². The van der Waals surface area contributed by atoms with E-state index >= 15 is 0 Å². The van der Waals surface area contributed by atoms with Crippen LogP contribution in [-0.2, 0) is 4.79 Å². The van der Waals surface area contributed by atoms with Crippen molar-refractivity contribution in [3.63, 3.8) is 0 Å². The summed E-state index contributed by atoms with van der Waals surface area (Å²) in [4.78, 5) is 20.5. The summed E-state index contributed by atoms with van der Waals surface area (Å²) in [6.45, 7) is 3.61. The Morgan fingerprint density at radius 2 is 2.07 bits per heavy atom. The zero-order valence-corrected chi connectivity index (χ0v) is 16.2. The number of pyridine rings is 2. The molecule has 0 atom stereocenters. The first kappa shape index (κ1) is 19.0. The maximum atomic E-state index is 14.9. The molecule has 2 aromatic heterocycles. The molecule has 0 spiro atoms. The second-order valence-corrected chi connectivity index (χ2v) is 7.78. The quantitative estimate of drug-likeness (QED) is 0.466. The van der Waals surface area contributed by atoms with Crippen LogP contribution in [0.25, 0.3) is 21.9 Å². The molecule has 3 aromatic rings. The van der Waals surface area contributed by atoms with Crippen LogP contribution in [0.2, 0.25) is 0 Å². The van der Waals surface area contributed by atoms with E-state index in [4.69, 9.17) is 5.73 Å². The first-order chi connectivity index (χ1) is 13.7. The number of halogens is 1. The Morgan fingerprint density at radius 1 is 1.31 bits per heavy atom. The summed E-state index contributed by atoms with van der Waals surface area (Å²) in [6, 6.07) is 5.15. The number of aryl methyl sites for hydroxylation is 1. The van der Waals surface area contributed by atoms with Crippen molar-refractivity contribution < 1.29 is 14.3 Å². The lowest BCUT2D eigenvalue weighted by Crippen LogP contribution is -2.35. The highest BCUT2D eigenvalue weighted by atomic mass is 19.1. The van der Waals surface area contributed by atoms with Gasteiger partial charge in [0.25, 0.3) is 0 Å². The number of carbonyl (C=O) groups is 1. The molecule has 0 bridgehead atoms. The van der Waals surface area contributed by atoms with Gasteiger partial charge in [-0.1, -0.05) is 5.57 Å². The van der Waals surface area contributed by atoms with E-state index in [1.54, 1.807) is 37.5 Å². The van der Waals surface area contributed by atoms with Gasteiger partial charge in [-0.2, -0.15) is 0 Å². The highest BCUT2D eigenvalue weighted by Gasteiger charge is 2.33. The summed E-state index contributed by atoms with van der Waals surface area (Å²) in [5.41, 5.74) is 8.06. The molecule has 7 heteroatoms. The lowest BCUT2D eigenvalue weighted by Gasteiger charge is -2.35. The number of nitrogens with two attached hydrogens (primary N) is 1. The number of aliphatic hydroxyl groups is 1. The van der Waals surface area contributed by atoms with E-state index in [1.807, 2.05) is 6.92 Å². The van der Waals surface area contributed by atoms with Gasteiger partial charge in [0.2, 0.25) is 5.91 Å². The van der Waals surface area contributed by atoms with Gasteiger partial charge in [-0.25, -0.2) is 9.37 Å². The predicted octanol–water partition coefficient (Wildman–Crippen LogP) is 3.74. The van der Waals surface area contributed by atoms with E-state index in [0.717, 1.165) is 11.1 Å². The molecule has 0 saturated heterocycles. The number of anilines is 2. The number of nitrogens with zero attached hydrogens (tertiary/aromatic N) is 2. The Labute approximate surface area is 167 Å². The van der Waals surface area contributed by atoms with Gasteiger partial charge >= 0.3 is 0 Å². The van der Waals surface area contributed by atoms with E-state index in [2.05, 4.69) is 15.3 Å². The van der Waals surface area contributed by atoms with Gasteiger partial charge in [0.1, 0.15) is 5.82 Å². The van der Waals surface area contributed by atoms with Gasteiger partial charge in [0.05, 0.1) is 11.3 Å². The summed E-state index contributed by atoms with van der Waals surface area (Å²) >= 11 is 0. The van der Waals surface area contributed by atoms with Gasteiger partial charge in [-0.15, -0.1) is 0 Å². The normalized spacial score (nSPS) is 18.4. The molecule has 1 saturated carbocycles. The molecule has 1 aromatic carbocycles. The van der Waals surface area contributed by atoms with Crippen LogP contribution in [0.5, 0.6) is 0 Å². The zero-order chi connectivity index (χ0) is 20.8. The first-order valence-electron chi connectivity index (χ1n) is 9.25. The molecule has 4 N–H and O–H groups in total. The number of carbonyl (C=O) groups excluding carboxylic acids is 1. The van der Waals surface area contributed by atoms with E-state index in [9.17, 15) is 14.3 Å². The van der Waals surface area contributed by atoms with Gasteiger partial charge in [-0.3, -0.25) is 9.78 Å². The minimum atomic E-state index is -0.726. The monoisotopic (exact) mass is 392 g/mol. The third-order valence-electron chi connectivity index (χ3n) is 5.13. The van der Waals surface area contributed by atoms with Crippen molar-refractivity contribution in [2.24, 2.45) is 0 Å². The molecule has 0 unspecified atom stereocenters. The Balaban J connectivity index is 1.68. The van der Waals surface area contributed by atoms with E-state index in [1.165, 1.54) is 12.3 Å². The molecule has 1 aliphatic carbocycles. The smallest absolute Gasteiger partial charge is 0.249 e. The molecule has 2 heterocycles. The van der Waals surface area contributed by atoms with E-state index in [-0.39, 0.29) is 11.6 Å². The van der Waals surface area contributed by atoms with Crippen LogP contribution in [0.1, 0.15) is 25.3 Å². The summed E-state index contributed by atoms with van der Waals surface area (Å²) in [7, 11) is 0. The number of aromatic nitrogens is 2. The van der Waals surface area contributed by atoms with Crippen molar-refractivity contribution in [1.82, 2.24) is 9.97 Å². The minimum absolute atomic E-state index is 0.00458. The third kappa shape index (κ3) is 3.69. The van der Waals surface area contributed by atoms with Gasteiger partial charge < -0.3 is 16.2 Å². The van der Waals surface area contributed by atoms with Gasteiger partial charge in [0.15, 0.2) is 5.82 Å². The van der Waals surface area contributed by atoms with Gasteiger partial charge in [-0.05, 0) is 55.8 Å². The van der Waals surface area contributed by atoms with Crippen LogP contribution in [0.15, 0.2) is 48.4 Å². The molecule has 29 heavy (non-hydrogen) atoms. The van der Waals surface area contributed by atoms with Crippen molar-refractivity contribution in [2.45, 2.75) is 32.3 Å². The lowest BCUT2D eigenvalue weighted by atomic mass is 9.77. The number of amides is 1.